The number of aromatic nitrogens is 2. The predicted octanol–water partition coefficient (Wildman–Crippen LogP) is 3.87. The molecule has 5 nitrogen and oxygen atoms in total. The molecule has 0 amide bonds. The molecule has 1 aromatic carbocycles. The smallest absolute Gasteiger partial charge is 0.311 e. The number of ether oxygens (including phenoxy) is 1. The van der Waals surface area contributed by atoms with Crippen LogP contribution in [0.5, 0.6) is 0 Å². The highest BCUT2D eigenvalue weighted by atomic mass is 35.5. The van der Waals surface area contributed by atoms with E-state index in [1.807, 2.05) is 32.9 Å². The maximum atomic E-state index is 12.0. The Balaban J connectivity index is 2.00. The summed E-state index contributed by atoms with van der Waals surface area (Å²) in [6.07, 6.45) is -0.497. The summed E-state index contributed by atoms with van der Waals surface area (Å²) in [6.45, 7) is 7.64. The van der Waals surface area contributed by atoms with Crippen LogP contribution in [0.15, 0.2) is 28.8 Å². The van der Waals surface area contributed by atoms with Crippen molar-refractivity contribution in [1.29, 1.82) is 0 Å². The van der Waals surface area contributed by atoms with Gasteiger partial charge in [0.25, 0.3) is 5.89 Å². The summed E-state index contributed by atoms with van der Waals surface area (Å²) in [5.41, 5.74) is 0.505. The first-order chi connectivity index (χ1) is 10.3. The zero-order chi connectivity index (χ0) is 16.3. The molecule has 0 aliphatic carbocycles. The van der Waals surface area contributed by atoms with Crippen molar-refractivity contribution >= 4 is 17.6 Å². The average molecular weight is 323 g/mol. The molecule has 118 valence electrons. The quantitative estimate of drug-likeness (QED) is 0.799. The first kappa shape index (κ1) is 16.5. The molecule has 1 aromatic heterocycles. The van der Waals surface area contributed by atoms with E-state index in [-0.39, 0.29) is 17.7 Å². The van der Waals surface area contributed by atoms with E-state index in [0.29, 0.717) is 10.8 Å². The third kappa shape index (κ3) is 4.07. The summed E-state index contributed by atoms with van der Waals surface area (Å²) in [6, 6.07) is 7.16. The predicted molar refractivity (Wildman–Crippen MR) is 82.7 cm³/mol. The minimum Gasteiger partial charge on any atom is -0.452 e. The van der Waals surface area contributed by atoms with Gasteiger partial charge in [-0.05, 0) is 18.6 Å². The second-order valence-corrected chi connectivity index (χ2v) is 6.51. The van der Waals surface area contributed by atoms with Crippen LogP contribution in [0.4, 0.5) is 0 Å². The number of rotatable bonds is 4. The van der Waals surface area contributed by atoms with Gasteiger partial charge < -0.3 is 9.26 Å². The molecule has 0 saturated heterocycles. The van der Waals surface area contributed by atoms with Gasteiger partial charge >= 0.3 is 5.97 Å². The minimum absolute atomic E-state index is 0.101. The maximum Gasteiger partial charge on any atom is 0.311 e. The fraction of sp³-hybridized carbons (Fsp3) is 0.438. The molecule has 1 atom stereocenters. The Morgan fingerprint density at radius 1 is 1.36 bits per heavy atom. The lowest BCUT2D eigenvalue weighted by Gasteiger charge is -2.12. The summed E-state index contributed by atoms with van der Waals surface area (Å²) < 4.78 is 10.5. The molecule has 6 heteroatoms. The first-order valence-electron chi connectivity index (χ1n) is 7.04. The van der Waals surface area contributed by atoms with E-state index in [4.69, 9.17) is 20.9 Å². The Morgan fingerprint density at radius 2 is 2.05 bits per heavy atom. The zero-order valence-corrected chi connectivity index (χ0v) is 13.8. The van der Waals surface area contributed by atoms with Crippen molar-refractivity contribution in [1.82, 2.24) is 10.1 Å². The van der Waals surface area contributed by atoms with Crippen LogP contribution in [0.3, 0.4) is 0 Å². The summed E-state index contributed by atoms with van der Waals surface area (Å²) >= 11 is 6.03. The number of carbonyl (C=O) groups is 1. The number of halogens is 1. The molecule has 0 radical (unpaired) electrons. The molecular weight excluding hydrogens is 304 g/mol. The first-order valence-corrected chi connectivity index (χ1v) is 7.42. The van der Waals surface area contributed by atoms with Crippen molar-refractivity contribution in [2.75, 3.05) is 0 Å². The summed E-state index contributed by atoms with van der Waals surface area (Å²) in [4.78, 5) is 16.3. The number of hydrogen-bond donors (Lipinski definition) is 0. The van der Waals surface area contributed by atoms with Crippen molar-refractivity contribution in [2.24, 2.45) is 0 Å². The monoisotopic (exact) mass is 322 g/mol. The molecule has 0 saturated carbocycles. The highest BCUT2D eigenvalue weighted by Crippen LogP contribution is 2.23. The molecule has 22 heavy (non-hydrogen) atoms. The van der Waals surface area contributed by atoms with Crippen LogP contribution in [0.25, 0.3) is 0 Å². The van der Waals surface area contributed by atoms with Crippen molar-refractivity contribution in [3.05, 3.63) is 46.6 Å². The van der Waals surface area contributed by atoms with Gasteiger partial charge in [-0.2, -0.15) is 4.98 Å². The largest absolute Gasteiger partial charge is 0.452 e. The summed E-state index contributed by atoms with van der Waals surface area (Å²) in [5, 5.41) is 4.46. The van der Waals surface area contributed by atoms with Crippen LogP contribution in [0.1, 0.15) is 51.1 Å². The lowest BCUT2D eigenvalue weighted by atomic mass is 9.96. The maximum absolute atomic E-state index is 12.0. The van der Waals surface area contributed by atoms with E-state index in [0.717, 1.165) is 5.56 Å². The van der Waals surface area contributed by atoms with Gasteiger partial charge in [0.05, 0.1) is 6.42 Å². The molecule has 0 spiro atoms. The van der Waals surface area contributed by atoms with E-state index >= 15 is 0 Å². The van der Waals surface area contributed by atoms with Crippen LogP contribution in [-0.4, -0.2) is 16.1 Å². The van der Waals surface area contributed by atoms with Gasteiger partial charge in [-0.15, -0.1) is 0 Å². The zero-order valence-electron chi connectivity index (χ0n) is 13.1. The molecule has 0 N–H and O–H groups in total. The average Bonchev–Trinajstić information content (AvgIpc) is 2.91. The second-order valence-electron chi connectivity index (χ2n) is 6.11. The van der Waals surface area contributed by atoms with E-state index in [2.05, 4.69) is 10.1 Å². The number of nitrogens with zero attached hydrogens (tertiary/aromatic N) is 2. The van der Waals surface area contributed by atoms with Crippen molar-refractivity contribution in [2.45, 2.75) is 45.6 Å². The molecule has 1 unspecified atom stereocenters. The SMILES string of the molecule is CC(OC(=O)Cc1ccccc1Cl)c1nc(C(C)(C)C)no1. The lowest BCUT2D eigenvalue weighted by Crippen LogP contribution is -2.14. The highest BCUT2D eigenvalue weighted by Gasteiger charge is 2.24. The standard InChI is InChI=1S/C16H19ClN2O3/c1-10(14-18-15(19-22-14)16(2,3)4)21-13(20)9-11-7-5-6-8-12(11)17/h5-8,10H,9H2,1-4H3. The van der Waals surface area contributed by atoms with Gasteiger partial charge in [-0.3, -0.25) is 4.79 Å². The van der Waals surface area contributed by atoms with Gasteiger partial charge in [0.1, 0.15) is 0 Å². The van der Waals surface area contributed by atoms with Crippen molar-refractivity contribution in [3.8, 4) is 0 Å². The van der Waals surface area contributed by atoms with Crippen LogP contribution in [0.2, 0.25) is 5.02 Å². The Hall–Kier alpha value is -1.88. The molecule has 2 aromatic rings. The van der Waals surface area contributed by atoms with Gasteiger partial charge in [-0.1, -0.05) is 55.7 Å². The van der Waals surface area contributed by atoms with Gasteiger partial charge in [0.15, 0.2) is 11.9 Å². The summed E-state index contributed by atoms with van der Waals surface area (Å²) in [7, 11) is 0. The normalized spacial score (nSPS) is 13.0. The Bertz CT molecular complexity index is 661. The Kier molecular flexibility index (Phi) is 4.86. The molecule has 0 aliphatic rings. The number of carbonyl (C=O) groups excluding carboxylic acids is 1. The van der Waals surface area contributed by atoms with Crippen molar-refractivity contribution < 1.29 is 14.1 Å². The second kappa shape index (κ2) is 6.48. The molecule has 0 bridgehead atoms. The Labute approximate surface area is 134 Å². The van der Waals surface area contributed by atoms with Crippen LogP contribution in [-0.2, 0) is 21.4 Å². The van der Waals surface area contributed by atoms with Crippen molar-refractivity contribution in [3.63, 3.8) is 0 Å². The van der Waals surface area contributed by atoms with Crippen LogP contribution >= 0.6 is 11.6 Å². The number of esters is 1. The molecule has 2 rings (SSSR count). The van der Waals surface area contributed by atoms with Crippen LogP contribution in [0, 0.1) is 0 Å². The summed E-state index contributed by atoms with van der Waals surface area (Å²) in [5.74, 6) is 0.477. The van der Waals surface area contributed by atoms with E-state index < -0.39 is 12.1 Å². The molecule has 0 aliphatic heterocycles. The van der Waals surface area contributed by atoms with E-state index in [9.17, 15) is 4.79 Å². The lowest BCUT2D eigenvalue weighted by molar-refractivity contribution is -0.148. The number of benzene rings is 1. The molecule has 0 fully saturated rings. The number of hydrogen-bond acceptors (Lipinski definition) is 5. The topological polar surface area (TPSA) is 65.2 Å². The molecule has 1 heterocycles. The highest BCUT2D eigenvalue weighted by molar-refractivity contribution is 6.31. The van der Waals surface area contributed by atoms with E-state index in [1.165, 1.54) is 0 Å². The van der Waals surface area contributed by atoms with E-state index in [1.54, 1.807) is 19.1 Å². The van der Waals surface area contributed by atoms with Crippen LogP contribution < -0.4 is 0 Å². The van der Waals surface area contributed by atoms with Gasteiger partial charge in [0.2, 0.25) is 0 Å². The Morgan fingerprint density at radius 3 is 2.64 bits per heavy atom. The fourth-order valence-corrected chi connectivity index (χ4v) is 1.99. The van der Waals surface area contributed by atoms with Gasteiger partial charge in [-0.25, -0.2) is 0 Å². The minimum atomic E-state index is -0.599. The fourth-order valence-electron chi connectivity index (χ4n) is 1.79. The molecular formula is C16H19ClN2O3. The van der Waals surface area contributed by atoms with Gasteiger partial charge in [0, 0.05) is 10.4 Å². The third-order valence-corrected chi connectivity index (χ3v) is 3.43. The third-order valence-electron chi connectivity index (χ3n) is 3.06.